The molecule has 0 aliphatic carbocycles. The molecule has 0 unspecified atom stereocenters. The lowest BCUT2D eigenvalue weighted by molar-refractivity contribution is -0.137. The Bertz CT molecular complexity index is 1320. The van der Waals surface area contributed by atoms with E-state index in [0.29, 0.717) is 13.0 Å². The van der Waals surface area contributed by atoms with Crippen LogP contribution in [0.3, 0.4) is 0 Å². The highest BCUT2D eigenvalue weighted by Gasteiger charge is 2.31. The Balaban J connectivity index is 2.09. The van der Waals surface area contributed by atoms with Crippen molar-refractivity contribution in [1.29, 1.82) is 0 Å². The van der Waals surface area contributed by atoms with Gasteiger partial charge in [-0.2, -0.15) is 17.4 Å². The zero-order valence-corrected chi connectivity index (χ0v) is 26.1. The van der Waals surface area contributed by atoms with Crippen LogP contribution in [0, 0.1) is 5.92 Å². The molecular formula is C29H40N4O8S2. The number of ether oxygens (including phenoxy) is 1. The van der Waals surface area contributed by atoms with Crippen LogP contribution in [0.25, 0.3) is 0 Å². The number of hydrogen-bond donors (Lipinski definition) is 6. The molecule has 0 aliphatic rings. The van der Waals surface area contributed by atoms with Crippen molar-refractivity contribution in [3.63, 3.8) is 0 Å². The van der Waals surface area contributed by atoms with Crippen LogP contribution in [0.2, 0.25) is 0 Å². The van der Waals surface area contributed by atoms with Gasteiger partial charge >= 0.3 is 5.97 Å². The van der Waals surface area contributed by atoms with E-state index in [9.17, 15) is 27.6 Å². The fraction of sp³-hybridized carbons (Fsp3) is 0.448. The third-order valence-electron chi connectivity index (χ3n) is 6.34. The van der Waals surface area contributed by atoms with Crippen molar-refractivity contribution in [2.24, 2.45) is 5.92 Å². The first kappa shape index (κ1) is 35.6. The van der Waals surface area contributed by atoms with Crippen molar-refractivity contribution < 1.29 is 37.4 Å². The van der Waals surface area contributed by atoms with E-state index in [1.165, 1.54) is 24.3 Å². The quantitative estimate of drug-likeness (QED) is 0.133. The second-order valence-electron chi connectivity index (χ2n) is 10.2. The number of sulfonamides is 1. The molecule has 0 saturated carbocycles. The van der Waals surface area contributed by atoms with Crippen molar-refractivity contribution in [3.05, 3.63) is 60.2 Å². The van der Waals surface area contributed by atoms with Crippen LogP contribution in [0.4, 0.5) is 0 Å². The minimum atomic E-state index is -4.17. The fourth-order valence-corrected chi connectivity index (χ4v) is 5.56. The predicted octanol–water partition coefficient (Wildman–Crippen LogP) is 1.51. The summed E-state index contributed by atoms with van der Waals surface area (Å²) in [4.78, 5) is 50.4. The van der Waals surface area contributed by atoms with E-state index in [2.05, 4.69) is 33.3 Å². The number of carbonyl (C=O) groups is 4. The summed E-state index contributed by atoms with van der Waals surface area (Å²) in [7, 11) is -2.60. The molecular weight excluding hydrogens is 596 g/mol. The van der Waals surface area contributed by atoms with E-state index in [0.717, 1.165) is 11.3 Å². The molecule has 2 aromatic carbocycles. The first-order valence-corrected chi connectivity index (χ1v) is 15.9. The fourth-order valence-electron chi connectivity index (χ4n) is 4.05. The molecule has 2 rings (SSSR count). The van der Waals surface area contributed by atoms with Crippen LogP contribution in [-0.4, -0.2) is 74.7 Å². The van der Waals surface area contributed by atoms with E-state index in [-0.39, 0.29) is 29.4 Å². The van der Waals surface area contributed by atoms with Crippen LogP contribution in [0.15, 0.2) is 59.5 Å². The van der Waals surface area contributed by atoms with Crippen molar-refractivity contribution in [1.82, 2.24) is 20.7 Å². The zero-order chi connectivity index (χ0) is 32.0. The minimum absolute atomic E-state index is 0.0133. The maximum Gasteiger partial charge on any atom is 0.303 e. The number of nitrogens with one attached hydrogen (secondary N) is 4. The van der Waals surface area contributed by atoms with Gasteiger partial charge in [0.25, 0.3) is 0 Å². The topological polar surface area (TPSA) is 180 Å². The molecule has 0 aromatic heterocycles. The van der Waals surface area contributed by atoms with Crippen molar-refractivity contribution in [3.8, 4) is 5.75 Å². The van der Waals surface area contributed by atoms with E-state index in [1.807, 2.05) is 38.1 Å². The number of aliphatic carboxylic acids is 1. The van der Waals surface area contributed by atoms with Crippen LogP contribution in [0.1, 0.15) is 38.7 Å². The zero-order valence-electron chi connectivity index (χ0n) is 24.4. The van der Waals surface area contributed by atoms with Gasteiger partial charge in [-0.1, -0.05) is 44.2 Å². The lowest BCUT2D eigenvalue weighted by Crippen LogP contribution is -2.57. The van der Waals surface area contributed by atoms with Gasteiger partial charge in [-0.3, -0.25) is 19.2 Å². The number of amides is 3. The van der Waals surface area contributed by atoms with Gasteiger partial charge < -0.3 is 25.8 Å². The third-order valence-corrected chi connectivity index (χ3v) is 8.19. The summed E-state index contributed by atoms with van der Waals surface area (Å²) >= 11 is 4.20. The van der Waals surface area contributed by atoms with Gasteiger partial charge in [-0.05, 0) is 55.0 Å². The minimum Gasteiger partial charge on any atom is -0.497 e. The number of carboxylic acid groups (broad SMARTS) is 1. The largest absolute Gasteiger partial charge is 0.497 e. The summed E-state index contributed by atoms with van der Waals surface area (Å²) in [5.74, 6) is -2.56. The van der Waals surface area contributed by atoms with Gasteiger partial charge in [0.15, 0.2) is 0 Å². The average molecular weight is 637 g/mol. The van der Waals surface area contributed by atoms with Crippen molar-refractivity contribution in [2.45, 2.75) is 62.6 Å². The Kier molecular flexibility index (Phi) is 14.5. The predicted molar refractivity (Wildman–Crippen MR) is 164 cm³/mol. The summed E-state index contributed by atoms with van der Waals surface area (Å²) in [6.07, 6.45) is -0.118. The highest BCUT2D eigenvalue weighted by Crippen LogP contribution is 2.13. The Morgan fingerprint density at radius 1 is 0.884 bits per heavy atom. The maximum atomic E-state index is 13.3. The Morgan fingerprint density at radius 2 is 1.49 bits per heavy atom. The molecule has 236 valence electrons. The van der Waals surface area contributed by atoms with E-state index >= 15 is 0 Å². The molecule has 43 heavy (non-hydrogen) atoms. The number of methoxy groups -OCH3 is 1. The SMILES string of the molecule is COc1ccc(CCNC(=O)[C@H](CS)NC(=O)[C@H](CC(C)C)NC(=O)[C@H](CCC(=O)O)NS(=O)(=O)c2ccccc2)cc1. The molecule has 0 aliphatic heterocycles. The molecule has 0 radical (unpaired) electrons. The lowest BCUT2D eigenvalue weighted by atomic mass is 10.0. The molecule has 0 fully saturated rings. The number of carbonyl (C=O) groups excluding carboxylic acids is 3. The molecule has 14 heteroatoms. The van der Waals surface area contributed by atoms with Crippen LogP contribution in [0.5, 0.6) is 5.75 Å². The first-order chi connectivity index (χ1) is 20.4. The maximum absolute atomic E-state index is 13.3. The smallest absolute Gasteiger partial charge is 0.303 e. The van der Waals surface area contributed by atoms with Gasteiger partial charge in [0.1, 0.15) is 23.9 Å². The van der Waals surface area contributed by atoms with Gasteiger partial charge in [0.2, 0.25) is 27.7 Å². The van der Waals surface area contributed by atoms with Crippen LogP contribution < -0.4 is 25.4 Å². The number of benzene rings is 2. The molecule has 0 saturated heterocycles. The highest BCUT2D eigenvalue weighted by molar-refractivity contribution is 7.89. The van der Waals surface area contributed by atoms with Crippen molar-refractivity contribution >= 4 is 46.3 Å². The Morgan fingerprint density at radius 3 is 2.05 bits per heavy atom. The summed E-state index contributed by atoms with van der Waals surface area (Å²) < 4.78 is 33.2. The van der Waals surface area contributed by atoms with Crippen LogP contribution in [-0.2, 0) is 35.6 Å². The Labute approximate surface area is 257 Å². The standard InChI is InChI=1S/C29H40N4O8S2/c1-19(2)17-24(29(38)32-25(18-42)27(36)30-16-15-20-9-11-21(41-3)12-10-20)31-28(37)23(13-14-26(34)35)33-43(39,40)22-7-5-4-6-8-22/h4-12,19,23-25,33,42H,13-18H2,1-3H3,(H,30,36)(H,31,37)(H,32,38)(H,34,35)/t23-,24-,25-/m0/s1. The van der Waals surface area contributed by atoms with E-state index in [4.69, 9.17) is 9.84 Å². The second kappa shape index (κ2) is 17.5. The molecule has 3 atom stereocenters. The first-order valence-electron chi connectivity index (χ1n) is 13.8. The molecule has 5 N–H and O–H groups in total. The van der Waals surface area contributed by atoms with Crippen LogP contribution >= 0.6 is 12.6 Å². The highest BCUT2D eigenvalue weighted by atomic mass is 32.2. The van der Waals surface area contributed by atoms with E-state index in [1.54, 1.807) is 13.2 Å². The molecule has 0 spiro atoms. The normalized spacial score (nSPS) is 13.4. The number of rotatable bonds is 18. The monoisotopic (exact) mass is 636 g/mol. The van der Waals surface area contributed by atoms with Crippen molar-refractivity contribution in [2.75, 3.05) is 19.4 Å². The molecule has 0 heterocycles. The number of thiol groups is 1. The third kappa shape index (κ3) is 12.3. The molecule has 0 bridgehead atoms. The average Bonchev–Trinajstić information content (AvgIpc) is 2.97. The second-order valence-corrected chi connectivity index (χ2v) is 12.3. The van der Waals surface area contributed by atoms with Gasteiger partial charge in [0.05, 0.1) is 12.0 Å². The lowest BCUT2D eigenvalue weighted by Gasteiger charge is -2.25. The summed E-state index contributed by atoms with van der Waals surface area (Å²) in [6, 6.07) is 11.1. The van der Waals surface area contributed by atoms with E-state index < -0.39 is 58.3 Å². The Hall–Kier alpha value is -3.62. The molecule has 12 nitrogen and oxygen atoms in total. The summed E-state index contributed by atoms with van der Waals surface area (Å²) in [6.45, 7) is 3.97. The number of hydrogen-bond acceptors (Lipinski definition) is 8. The number of carboxylic acids is 1. The van der Waals surface area contributed by atoms with Gasteiger partial charge in [0, 0.05) is 18.7 Å². The summed E-state index contributed by atoms with van der Waals surface area (Å²) in [5.41, 5.74) is 0.979. The molecule has 2 aromatic rings. The van der Waals surface area contributed by atoms with Gasteiger partial charge in [-0.15, -0.1) is 0 Å². The summed E-state index contributed by atoms with van der Waals surface area (Å²) in [5, 5.41) is 17.1. The van der Waals surface area contributed by atoms with Gasteiger partial charge in [-0.25, -0.2) is 8.42 Å². The molecule has 3 amide bonds.